The average Bonchev–Trinajstić information content (AvgIpc) is 3.84. The van der Waals surface area contributed by atoms with Gasteiger partial charge in [0.25, 0.3) is 5.91 Å². The summed E-state index contributed by atoms with van der Waals surface area (Å²) in [7, 11) is 0. The molecule has 2 aliphatic rings. The number of amides is 7. The standard InChI is InChI=1S/C31H42N8O9/c32-26(42)20(8-5-12-34-31(33)47)36-27(43)22(14-17-15-35-19-7-2-1-6-18(17)19)38-28(44)23-9-3-4-13-39(23)30(46)21(10-11-25(40)41)37-29(45)24-16-48-24/h1-2,6-7,15,20-24,35H,3-5,8-14,16H2,(H2,32,42)(H,36,43)(H,37,45)(H,38,44)(H,40,41)(H3,33,34,47)/t20-,21-,22-,23-,24?/m0/s1. The second-order valence-corrected chi connectivity index (χ2v) is 11.9. The Bertz CT molecular complexity index is 1520. The number of hydrogen-bond acceptors (Lipinski definition) is 8. The third-order valence-corrected chi connectivity index (χ3v) is 8.34. The molecule has 48 heavy (non-hydrogen) atoms. The molecule has 2 fully saturated rings. The minimum absolute atomic E-state index is 0.0235. The summed E-state index contributed by atoms with van der Waals surface area (Å²) in [5, 5.41) is 20.4. The van der Waals surface area contributed by atoms with Crippen LogP contribution in [0.25, 0.3) is 10.9 Å². The van der Waals surface area contributed by atoms with Gasteiger partial charge in [-0.3, -0.25) is 28.8 Å². The Labute approximate surface area is 275 Å². The Morgan fingerprint density at radius 2 is 1.69 bits per heavy atom. The van der Waals surface area contributed by atoms with E-state index in [1.807, 2.05) is 24.3 Å². The molecule has 1 aromatic heterocycles. The van der Waals surface area contributed by atoms with E-state index < -0.39 is 71.8 Å². The highest BCUT2D eigenvalue weighted by Gasteiger charge is 2.40. The van der Waals surface area contributed by atoms with E-state index in [4.69, 9.17) is 16.2 Å². The number of nitrogens with zero attached hydrogens (tertiary/aromatic N) is 1. The van der Waals surface area contributed by atoms with Crippen molar-refractivity contribution in [3.8, 4) is 0 Å². The Hall–Kier alpha value is -5.19. The number of ether oxygens (including phenoxy) is 1. The number of rotatable bonds is 17. The molecule has 2 aromatic rings. The summed E-state index contributed by atoms with van der Waals surface area (Å²) in [5.74, 6) is -4.43. The van der Waals surface area contributed by atoms with Crippen molar-refractivity contribution < 1.29 is 43.4 Å². The van der Waals surface area contributed by atoms with Crippen molar-refractivity contribution in [2.24, 2.45) is 11.5 Å². The first-order chi connectivity index (χ1) is 22.9. The van der Waals surface area contributed by atoms with Crippen LogP contribution in [0.3, 0.4) is 0 Å². The Morgan fingerprint density at radius 3 is 2.38 bits per heavy atom. The number of nitrogens with two attached hydrogens (primary N) is 2. The van der Waals surface area contributed by atoms with Gasteiger partial charge in [-0.15, -0.1) is 0 Å². The summed E-state index contributed by atoms with van der Waals surface area (Å²) in [5.41, 5.74) is 12.2. The maximum atomic E-state index is 13.9. The zero-order valence-electron chi connectivity index (χ0n) is 26.4. The number of aliphatic carboxylic acids is 1. The molecule has 1 aromatic carbocycles. The van der Waals surface area contributed by atoms with Crippen molar-refractivity contribution in [3.63, 3.8) is 0 Å². The maximum Gasteiger partial charge on any atom is 0.312 e. The van der Waals surface area contributed by atoms with E-state index in [1.165, 1.54) is 4.90 Å². The van der Waals surface area contributed by atoms with Gasteiger partial charge in [0.05, 0.1) is 6.61 Å². The smallest absolute Gasteiger partial charge is 0.312 e. The van der Waals surface area contributed by atoms with Gasteiger partial charge < -0.3 is 52.5 Å². The molecular formula is C31H42N8O9. The fraction of sp³-hybridized carbons (Fsp3) is 0.516. The lowest BCUT2D eigenvalue weighted by Crippen LogP contribution is -2.60. The third kappa shape index (κ3) is 9.90. The predicted molar refractivity (Wildman–Crippen MR) is 170 cm³/mol. The number of nitrogens with one attached hydrogen (secondary N) is 5. The van der Waals surface area contributed by atoms with Crippen LogP contribution in [0.15, 0.2) is 30.5 Å². The third-order valence-electron chi connectivity index (χ3n) is 8.34. The van der Waals surface area contributed by atoms with E-state index in [0.717, 1.165) is 10.9 Å². The lowest BCUT2D eigenvalue weighted by Gasteiger charge is -2.37. The number of H-pyrrole nitrogens is 1. The van der Waals surface area contributed by atoms with E-state index in [-0.39, 0.29) is 58.2 Å². The van der Waals surface area contributed by atoms with Gasteiger partial charge in [-0.05, 0) is 50.2 Å². The number of hydrogen-bond donors (Lipinski definition) is 8. The number of carboxylic acid groups (broad SMARTS) is 1. The molecule has 0 saturated carbocycles. The number of aromatic amines is 1. The Balaban J connectivity index is 1.53. The molecule has 0 bridgehead atoms. The number of piperidine rings is 1. The highest BCUT2D eigenvalue weighted by molar-refractivity contribution is 5.96. The van der Waals surface area contributed by atoms with Crippen molar-refractivity contribution in [2.45, 2.75) is 81.6 Å². The average molecular weight is 671 g/mol. The van der Waals surface area contributed by atoms with Crippen molar-refractivity contribution in [3.05, 3.63) is 36.0 Å². The molecule has 0 radical (unpaired) electrons. The van der Waals surface area contributed by atoms with E-state index >= 15 is 0 Å². The van der Waals surface area contributed by atoms with Crippen LogP contribution in [0, 0.1) is 0 Å². The SMILES string of the molecule is NC(=O)NCCC[C@H](NC(=O)[C@H](Cc1c[nH]c2ccccc12)NC(=O)[C@@H]1CCCCN1C(=O)[C@H](CCC(=O)O)NC(=O)C1CO1)C(N)=O. The molecule has 2 saturated heterocycles. The van der Waals surface area contributed by atoms with Crippen molar-refractivity contribution >= 4 is 52.4 Å². The fourth-order valence-electron chi connectivity index (χ4n) is 5.73. The normalized spacial score (nSPS) is 19.0. The molecule has 17 nitrogen and oxygen atoms in total. The van der Waals surface area contributed by atoms with Crippen LogP contribution in [0.2, 0.25) is 0 Å². The molecule has 260 valence electrons. The molecule has 2 aliphatic heterocycles. The summed E-state index contributed by atoms with van der Waals surface area (Å²) < 4.78 is 4.99. The molecule has 3 heterocycles. The lowest BCUT2D eigenvalue weighted by molar-refractivity contribution is -0.146. The minimum atomic E-state index is -1.20. The molecule has 1 unspecified atom stereocenters. The topological polar surface area (TPSA) is 271 Å². The lowest BCUT2D eigenvalue weighted by atomic mass is 9.97. The number of urea groups is 1. The van der Waals surface area contributed by atoms with Crippen LogP contribution >= 0.6 is 0 Å². The van der Waals surface area contributed by atoms with Gasteiger partial charge in [0, 0.05) is 43.0 Å². The Morgan fingerprint density at radius 1 is 0.958 bits per heavy atom. The van der Waals surface area contributed by atoms with E-state index in [0.29, 0.717) is 18.4 Å². The van der Waals surface area contributed by atoms with Crippen LogP contribution in [-0.4, -0.2) is 106 Å². The molecule has 10 N–H and O–H groups in total. The van der Waals surface area contributed by atoms with Crippen molar-refractivity contribution in [2.75, 3.05) is 19.7 Å². The number of benzene rings is 1. The van der Waals surface area contributed by atoms with E-state index in [1.54, 1.807) is 6.20 Å². The first-order valence-electron chi connectivity index (χ1n) is 15.9. The molecular weight excluding hydrogens is 628 g/mol. The molecule has 5 atom stereocenters. The number of carboxylic acids is 1. The van der Waals surface area contributed by atoms with Crippen molar-refractivity contribution in [1.29, 1.82) is 0 Å². The second kappa shape index (κ2) is 16.6. The van der Waals surface area contributed by atoms with Crippen molar-refractivity contribution in [1.82, 2.24) is 31.2 Å². The number of primary amides is 2. The summed E-state index contributed by atoms with van der Waals surface area (Å²) in [6.07, 6.45) is 2.27. The number of fused-ring (bicyclic) bond motifs is 1. The van der Waals surface area contributed by atoms with E-state index in [9.17, 15) is 38.7 Å². The Kier molecular flexibility index (Phi) is 12.3. The van der Waals surface area contributed by atoms with Gasteiger partial charge in [-0.25, -0.2) is 4.79 Å². The number of carbonyl (C=O) groups excluding carboxylic acids is 6. The fourth-order valence-corrected chi connectivity index (χ4v) is 5.73. The van der Waals surface area contributed by atoms with Gasteiger partial charge in [0.15, 0.2) is 6.10 Å². The minimum Gasteiger partial charge on any atom is -0.481 e. The van der Waals surface area contributed by atoms with Gasteiger partial charge in [-0.1, -0.05) is 18.2 Å². The van der Waals surface area contributed by atoms with Gasteiger partial charge in [-0.2, -0.15) is 0 Å². The number of likely N-dealkylation sites (tertiary alicyclic amines) is 1. The zero-order chi connectivity index (χ0) is 34.8. The summed E-state index contributed by atoms with van der Waals surface area (Å²) in [6.45, 7) is 0.525. The maximum absolute atomic E-state index is 13.9. The quantitative estimate of drug-likeness (QED) is 0.0736. The largest absolute Gasteiger partial charge is 0.481 e. The summed E-state index contributed by atoms with van der Waals surface area (Å²) >= 11 is 0. The second-order valence-electron chi connectivity index (χ2n) is 11.9. The summed E-state index contributed by atoms with van der Waals surface area (Å²) in [6, 6.07) is 2.13. The highest BCUT2D eigenvalue weighted by atomic mass is 16.6. The van der Waals surface area contributed by atoms with Crippen LogP contribution < -0.4 is 32.7 Å². The molecule has 4 rings (SSSR count). The van der Waals surface area contributed by atoms with Crippen LogP contribution in [0.5, 0.6) is 0 Å². The van der Waals surface area contributed by atoms with Crippen LogP contribution in [0.1, 0.15) is 50.5 Å². The van der Waals surface area contributed by atoms with Gasteiger partial charge in [0.1, 0.15) is 24.2 Å². The molecule has 17 heteroatoms. The number of carbonyl (C=O) groups is 7. The van der Waals surface area contributed by atoms with Crippen LogP contribution in [-0.2, 0) is 39.9 Å². The molecule has 0 aliphatic carbocycles. The molecule has 7 amide bonds. The summed E-state index contributed by atoms with van der Waals surface area (Å²) in [4.78, 5) is 92.8. The predicted octanol–water partition coefficient (Wildman–Crippen LogP) is -1.26. The zero-order valence-corrected chi connectivity index (χ0v) is 26.4. The van der Waals surface area contributed by atoms with E-state index in [2.05, 4.69) is 26.3 Å². The highest BCUT2D eigenvalue weighted by Crippen LogP contribution is 2.22. The first-order valence-corrected chi connectivity index (χ1v) is 15.9. The molecule has 0 spiro atoms. The van der Waals surface area contributed by atoms with Crippen LogP contribution in [0.4, 0.5) is 4.79 Å². The monoisotopic (exact) mass is 670 g/mol. The first kappa shape index (κ1) is 35.7. The number of epoxide rings is 1. The van der Waals surface area contributed by atoms with Gasteiger partial charge >= 0.3 is 12.0 Å². The van der Waals surface area contributed by atoms with Gasteiger partial charge in [0.2, 0.25) is 23.6 Å². The number of para-hydroxylation sites is 1. The number of aromatic nitrogens is 1.